The molecule has 78 valence electrons. The van der Waals surface area contributed by atoms with Gasteiger partial charge in [0.05, 0.1) is 0 Å². The van der Waals surface area contributed by atoms with Gasteiger partial charge in [0.1, 0.15) is 5.78 Å². The zero-order chi connectivity index (χ0) is 9.80. The summed E-state index contributed by atoms with van der Waals surface area (Å²) in [6.45, 7) is 0. The van der Waals surface area contributed by atoms with Crippen LogP contribution in [0, 0.1) is 11.8 Å². The Kier molecular flexibility index (Phi) is 3.39. The van der Waals surface area contributed by atoms with Gasteiger partial charge in [-0.15, -0.1) is 0 Å². The summed E-state index contributed by atoms with van der Waals surface area (Å²) in [5.41, 5.74) is 0. The Morgan fingerprint density at radius 2 is 1.93 bits per heavy atom. The largest absolute Gasteiger partial charge is 0.300 e. The van der Waals surface area contributed by atoms with Crippen LogP contribution in [0.4, 0.5) is 0 Å². The predicted molar refractivity (Wildman–Crippen MR) is 58.1 cm³/mol. The first-order valence-electron chi connectivity index (χ1n) is 6.03. The van der Waals surface area contributed by atoms with Crippen molar-refractivity contribution in [3.05, 3.63) is 12.2 Å². The molecule has 0 aromatic carbocycles. The molecule has 0 N–H and O–H groups in total. The molecule has 0 aromatic rings. The number of rotatable bonds is 4. The molecule has 2 rings (SSSR count). The van der Waals surface area contributed by atoms with Crippen molar-refractivity contribution in [2.75, 3.05) is 0 Å². The van der Waals surface area contributed by atoms with Crippen molar-refractivity contribution in [1.29, 1.82) is 0 Å². The van der Waals surface area contributed by atoms with Gasteiger partial charge >= 0.3 is 0 Å². The van der Waals surface area contributed by atoms with E-state index in [0.29, 0.717) is 11.7 Å². The Morgan fingerprint density at radius 1 is 1.14 bits per heavy atom. The minimum atomic E-state index is 0.508. The first-order valence-corrected chi connectivity index (χ1v) is 6.03. The third-order valence-corrected chi connectivity index (χ3v) is 3.59. The average Bonchev–Trinajstić information content (AvgIpc) is 2.76. The lowest BCUT2D eigenvalue weighted by Gasteiger charge is -2.10. The molecule has 0 bridgehead atoms. The van der Waals surface area contributed by atoms with E-state index < -0.39 is 0 Å². The maximum Gasteiger partial charge on any atom is 0.133 e. The lowest BCUT2D eigenvalue weighted by molar-refractivity contribution is -0.120. The van der Waals surface area contributed by atoms with E-state index >= 15 is 0 Å². The van der Waals surface area contributed by atoms with E-state index in [1.165, 1.54) is 38.5 Å². The summed E-state index contributed by atoms with van der Waals surface area (Å²) < 4.78 is 0. The van der Waals surface area contributed by atoms with E-state index in [4.69, 9.17) is 0 Å². The predicted octanol–water partition coefficient (Wildman–Crippen LogP) is 3.49. The highest BCUT2D eigenvalue weighted by Crippen LogP contribution is 2.29. The third kappa shape index (κ3) is 2.70. The van der Waals surface area contributed by atoms with E-state index in [9.17, 15) is 4.79 Å². The highest BCUT2D eigenvalue weighted by molar-refractivity contribution is 5.79. The summed E-state index contributed by atoms with van der Waals surface area (Å²) in [4.78, 5) is 11.7. The Balaban J connectivity index is 1.69. The summed E-state index contributed by atoms with van der Waals surface area (Å²) in [6, 6.07) is 0. The summed E-state index contributed by atoms with van der Waals surface area (Å²) in [7, 11) is 0. The highest BCUT2D eigenvalue weighted by atomic mass is 16.1. The molecule has 2 aliphatic rings. The Labute approximate surface area is 86.6 Å². The van der Waals surface area contributed by atoms with Gasteiger partial charge in [0.2, 0.25) is 0 Å². The molecule has 1 saturated carbocycles. The number of ketones is 1. The fourth-order valence-electron chi connectivity index (χ4n) is 2.78. The van der Waals surface area contributed by atoms with Crippen molar-refractivity contribution >= 4 is 5.78 Å². The minimum absolute atomic E-state index is 0.508. The van der Waals surface area contributed by atoms with Crippen LogP contribution in [-0.2, 0) is 4.79 Å². The molecule has 0 spiro atoms. The van der Waals surface area contributed by atoms with Crippen LogP contribution in [0.25, 0.3) is 0 Å². The zero-order valence-corrected chi connectivity index (χ0v) is 8.87. The Bertz CT molecular complexity index is 223. The van der Waals surface area contributed by atoms with Gasteiger partial charge in [-0.05, 0) is 24.7 Å². The smallest absolute Gasteiger partial charge is 0.133 e. The molecular weight excluding hydrogens is 172 g/mol. The van der Waals surface area contributed by atoms with Gasteiger partial charge in [0, 0.05) is 12.8 Å². The van der Waals surface area contributed by atoms with Gasteiger partial charge in [-0.25, -0.2) is 0 Å². The van der Waals surface area contributed by atoms with Crippen LogP contribution in [0.15, 0.2) is 12.2 Å². The molecule has 2 aliphatic carbocycles. The summed E-state index contributed by atoms with van der Waals surface area (Å²) in [5, 5.41) is 0. The molecule has 1 unspecified atom stereocenters. The van der Waals surface area contributed by atoms with Crippen LogP contribution >= 0.6 is 0 Å². The fraction of sp³-hybridized carbons (Fsp3) is 0.769. The number of allylic oxidation sites excluding steroid dienone is 2. The molecule has 14 heavy (non-hydrogen) atoms. The minimum Gasteiger partial charge on any atom is -0.300 e. The first kappa shape index (κ1) is 9.95. The van der Waals surface area contributed by atoms with Gasteiger partial charge in [-0.3, -0.25) is 4.79 Å². The summed E-state index contributed by atoms with van der Waals surface area (Å²) >= 11 is 0. The molecule has 0 aromatic heterocycles. The van der Waals surface area contributed by atoms with E-state index in [1.807, 2.05) is 0 Å². The number of Topliss-reactive ketones (excluding diaryl/α,β-unsaturated/α-hetero) is 1. The number of carbonyl (C=O) groups excluding carboxylic acids is 1. The lowest BCUT2D eigenvalue weighted by atomic mass is 9.94. The van der Waals surface area contributed by atoms with Crippen molar-refractivity contribution in [2.45, 2.75) is 51.4 Å². The van der Waals surface area contributed by atoms with Gasteiger partial charge in [0.15, 0.2) is 0 Å². The Morgan fingerprint density at radius 3 is 2.57 bits per heavy atom. The normalized spacial score (nSPS) is 27.3. The monoisotopic (exact) mass is 192 g/mol. The average molecular weight is 192 g/mol. The number of hydrogen-bond acceptors (Lipinski definition) is 1. The highest BCUT2D eigenvalue weighted by Gasteiger charge is 2.20. The van der Waals surface area contributed by atoms with Crippen LogP contribution in [0.2, 0.25) is 0 Å². The van der Waals surface area contributed by atoms with Crippen LogP contribution in [0.5, 0.6) is 0 Å². The molecule has 1 atom stereocenters. The summed E-state index contributed by atoms with van der Waals surface area (Å²) in [5.74, 6) is 1.81. The third-order valence-electron chi connectivity index (χ3n) is 3.59. The molecule has 0 aliphatic heterocycles. The molecule has 0 amide bonds. The molecule has 1 nitrogen and oxygen atoms in total. The summed E-state index contributed by atoms with van der Waals surface area (Å²) in [6.07, 6.45) is 13.8. The van der Waals surface area contributed by atoms with Crippen LogP contribution < -0.4 is 0 Å². The topological polar surface area (TPSA) is 17.1 Å². The second-order valence-electron chi connectivity index (χ2n) is 4.86. The SMILES string of the molecule is O=C(CC1C=CCC1)CC1CCCC1. The number of hydrogen-bond donors (Lipinski definition) is 0. The van der Waals surface area contributed by atoms with Crippen LogP contribution in [-0.4, -0.2) is 5.78 Å². The van der Waals surface area contributed by atoms with E-state index in [2.05, 4.69) is 12.2 Å². The maximum atomic E-state index is 11.7. The molecule has 0 radical (unpaired) electrons. The first-order chi connectivity index (χ1) is 6.84. The molecule has 0 heterocycles. The van der Waals surface area contributed by atoms with Gasteiger partial charge < -0.3 is 0 Å². The van der Waals surface area contributed by atoms with Crippen molar-refractivity contribution < 1.29 is 4.79 Å². The van der Waals surface area contributed by atoms with Gasteiger partial charge in [0.25, 0.3) is 0 Å². The second-order valence-corrected chi connectivity index (χ2v) is 4.86. The fourth-order valence-corrected chi connectivity index (χ4v) is 2.78. The molecule has 0 saturated heterocycles. The molecule has 1 heteroatoms. The second kappa shape index (κ2) is 4.77. The molecular formula is C13H20O. The standard InChI is InChI=1S/C13H20O/c14-13(9-11-5-1-2-6-11)10-12-7-3-4-8-12/h1,5,11-12H,2-4,6-10H2. The lowest BCUT2D eigenvalue weighted by Crippen LogP contribution is -2.09. The Hall–Kier alpha value is -0.590. The quantitative estimate of drug-likeness (QED) is 0.623. The number of carbonyl (C=O) groups is 1. The van der Waals surface area contributed by atoms with E-state index in [1.54, 1.807) is 0 Å². The van der Waals surface area contributed by atoms with Crippen molar-refractivity contribution in [1.82, 2.24) is 0 Å². The van der Waals surface area contributed by atoms with Crippen LogP contribution in [0.1, 0.15) is 51.4 Å². The van der Waals surface area contributed by atoms with Gasteiger partial charge in [-0.2, -0.15) is 0 Å². The van der Waals surface area contributed by atoms with Crippen LogP contribution in [0.3, 0.4) is 0 Å². The van der Waals surface area contributed by atoms with E-state index in [-0.39, 0.29) is 0 Å². The van der Waals surface area contributed by atoms with E-state index in [0.717, 1.165) is 18.8 Å². The zero-order valence-electron chi connectivity index (χ0n) is 8.87. The van der Waals surface area contributed by atoms with Gasteiger partial charge in [-0.1, -0.05) is 37.8 Å². The maximum absolute atomic E-state index is 11.7. The van der Waals surface area contributed by atoms with Crippen molar-refractivity contribution in [3.8, 4) is 0 Å². The van der Waals surface area contributed by atoms with Crippen molar-refractivity contribution in [2.24, 2.45) is 11.8 Å². The van der Waals surface area contributed by atoms with Crippen molar-refractivity contribution in [3.63, 3.8) is 0 Å². The molecule has 1 fully saturated rings.